The lowest BCUT2D eigenvalue weighted by Crippen LogP contribution is -2.40. The molecule has 1 heterocycles. The van der Waals surface area contributed by atoms with E-state index in [1.54, 1.807) is 0 Å². The first kappa shape index (κ1) is 20.9. The minimum Gasteiger partial charge on any atom is -0.452 e. The van der Waals surface area contributed by atoms with Crippen molar-refractivity contribution >= 4 is 27.8 Å². The predicted molar refractivity (Wildman–Crippen MR) is 91.3 cm³/mol. The van der Waals surface area contributed by atoms with Crippen molar-refractivity contribution in [1.82, 2.24) is 4.90 Å². The predicted octanol–water partition coefficient (Wildman–Crippen LogP) is 1.91. The van der Waals surface area contributed by atoms with E-state index < -0.39 is 46.1 Å². The van der Waals surface area contributed by atoms with Gasteiger partial charge < -0.3 is 9.64 Å². The number of halogens is 3. The molecule has 0 radical (unpaired) electrons. The van der Waals surface area contributed by atoms with E-state index in [4.69, 9.17) is 4.74 Å². The van der Waals surface area contributed by atoms with Gasteiger partial charge in [0, 0.05) is 19.2 Å². The second kappa shape index (κ2) is 8.12. The number of amides is 1. The molecule has 0 N–H and O–H groups in total. The molecule has 27 heavy (non-hydrogen) atoms. The average molecular weight is 405 g/mol. The number of ether oxygens (including phenoxy) is 1. The SMILES string of the molecule is CN(C(=O)COC(=O)/C=C\c1ccc(C(F)(F)F)cc1)[C@@H]1CCS(=O)(=O)C1. The van der Waals surface area contributed by atoms with Gasteiger partial charge in [-0.1, -0.05) is 12.1 Å². The number of carbonyl (C=O) groups is 2. The molecule has 1 atom stereocenters. The smallest absolute Gasteiger partial charge is 0.416 e. The number of hydrogen-bond donors (Lipinski definition) is 0. The Morgan fingerprint density at radius 1 is 1.26 bits per heavy atom. The molecule has 1 aromatic rings. The van der Waals surface area contributed by atoms with Crippen LogP contribution < -0.4 is 0 Å². The van der Waals surface area contributed by atoms with E-state index in [1.807, 2.05) is 0 Å². The molecule has 148 valence electrons. The highest BCUT2D eigenvalue weighted by Crippen LogP contribution is 2.29. The number of esters is 1. The minimum absolute atomic E-state index is 0.0188. The molecule has 0 spiro atoms. The molecule has 0 unspecified atom stereocenters. The van der Waals surface area contributed by atoms with E-state index in [-0.39, 0.29) is 11.5 Å². The summed E-state index contributed by atoms with van der Waals surface area (Å²) in [4.78, 5) is 24.9. The van der Waals surface area contributed by atoms with Gasteiger partial charge in [-0.25, -0.2) is 13.2 Å². The summed E-state index contributed by atoms with van der Waals surface area (Å²) in [6.07, 6.45) is -1.84. The number of likely N-dealkylation sites (N-methyl/N-ethyl adjacent to an activating group) is 1. The Hall–Kier alpha value is -2.36. The van der Waals surface area contributed by atoms with Gasteiger partial charge in [0.15, 0.2) is 16.4 Å². The van der Waals surface area contributed by atoms with Crippen LogP contribution in [0.2, 0.25) is 0 Å². The Labute approximate surface area is 154 Å². The van der Waals surface area contributed by atoms with Gasteiger partial charge in [-0.2, -0.15) is 13.2 Å². The fourth-order valence-corrected chi connectivity index (χ4v) is 4.29. The Bertz CT molecular complexity index is 831. The molecule has 1 fully saturated rings. The van der Waals surface area contributed by atoms with E-state index >= 15 is 0 Å². The fourth-order valence-electron chi connectivity index (χ4n) is 2.51. The average Bonchev–Trinajstić information content (AvgIpc) is 2.96. The normalized spacial score (nSPS) is 19.2. The van der Waals surface area contributed by atoms with Gasteiger partial charge >= 0.3 is 12.1 Å². The van der Waals surface area contributed by atoms with Gasteiger partial charge in [0.1, 0.15) is 0 Å². The molecule has 0 bridgehead atoms. The van der Waals surface area contributed by atoms with Gasteiger partial charge in [0.05, 0.1) is 17.1 Å². The van der Waals surface area contributed by atoms with Gasteiger partial charge in [0.2, 0.25) is 0 Å². The van der Waals surface area contributed by atoms with Gasteiger partial charge in [0.25, 0.3) is 5.91 Å². The first-order chi connectivity index (χ1) is 12.5. The van der Waals surface area contributed by atoms with Crippen LogP contribution in [0.5, 0.6) is 0 Å². The van der Waals surface area contributed by atoms with Crippen LogP contribution in [0.1, 0.15) is 17.5 Å². The fraction of sp³-hybridized carbons (Fsp3) is 0.412. The zero-order chi connectivity index (χ0) is 20.2. The van der Waals surface area contributed by atoms with E-state index in [1.165, 1.54) is 30.2 Å². The lowest BCUT2D eigenvalue weighted by molar-refractivity contribution is -0.148. The van der Waals surface area contributed by atoms with E-state index in [2.05, 4.69) is 0 Å². The van der Waals surface area contributed by atoms with E-state index in [0.29, 0.717) is 12.0 Å². The number of benzene rings is 1. The van der Waals surface area contributed by atoms with Crippen LogP contribution in [-0.4, -0.2) is 56.4 Å². The molecule has 1 aliphatic rings. The standard InChI is InChI=1S/C17H18F3NO5S/c1-21(14-8-9-27(24,25)11-14)15(22)10-26-16(23)7-4-12-2-5-13(6-3-12)17(18,19)20/h2-7,14H,8-11H2,1H3/b7-4-/t14-/m1/s1. The van der Waals surface area contributed by atoms with Gasteiger partial charge in [-0.3, -0.25) is 4.79 Å². The summed E-state index contributed by atoms with van der Waals surface area (Å²) in [5, 5.41) is 0. The summed E-state index contributed by atoms with van der Waals surface area (Å²) in [6.45, 7) is -0.552. The quantitative estimate of drug-likeness (QED) is 0.552. The zero-order valence-corrected chi connectivity index (χ0v) is 15.2. The van der Waals surface area contributed by atoms with Crippen LogP contribution in [0.15, 0.2) is 30.3 Å². The monoisotopic (exact) mass is 405 g/mol. The van der Waals surface area contributed by atoms with E-state index in [9.17, 15) is 31.2 Å². The third-order valence-corrected chi connectivity index (χ3v) is 5.89. The van der Waals surface area contributed by atoms with Crippen LogP contribution in [-0.2, 0) is 30.3 Å². The number of nitrogens with zero attached hydrogens (tertiary/aromatic N) is 1. The maximum absolute atomic E-state index is 12.5. The van der Waals surface area contributed by atoms with Crippen LogP contribution in [0.4, 0.5) is 13.2 Å². The molecule has 6 nitrogen and oxygen atoms in total. The molecule has 0 aliphatic carbocycles. The lowest BCUT2D eigenvalue weighted by atomic mass is 10.1. The first-order valence-corrected chi connectivity index (χ1v) is 9.78. The maximum atomic E-state index is 12.5. The minimum atomic E-state index is -4.44. The second-order valence-corrected chi connectivity index (χ2v) is 8.35. The van der Waals surface area contributed by atoms with Crippen molar-refractivity contribution in [2.45, 2.75) is 18.6 Å². The molecule has 0 aromatic heterocycles. The van der Waals surface area contributed by atoms with Gasteiger partial charge in [-0.15, -0.1) is 0 Å². The van der Waals surface area contributed by atoms with Crippen molar-refractivity contribution in [1.29, 1.82) is 0 Å². The van der Waals surface area contributed by atoms with Crippen LogP contribution >= 0.6 is 0 Å². The van der Waals surface area contributed by atoms with E-state index in [0.717, 1.165) is 18.2 Å². The summed E-state index contributed by atoms with van der Waals surface area (Å²) in [7, 11) is -1.70. The third-order valence-electron chi connectivity index (χ3n) is 4.14. The molecule has 1 amide bonds. The number of carbonyl (C=O) groups excluding carboxylic acids is 2. The van der Waals surface area contributed by atoms with Crippen LogP contribution in [0, 0.1) is 0 Å². The molecule has 1 aromatic carbocycles. The molecule has 10 heteroatoms. The molecular weight excluding hydrogens is 387 g/mol. The Balaban J connectivity index is 1.83. The zero-order valence-electron chi connectivity index (χ0n) is 14.4. The third kappa shape index (κ3) is 6.09. The molecule has 1 aliphatic heterocycles. The molecule has 1 saturated heterocycles. The first-order valence-electron chi connectivity index (χ1n) is 7.96. The van der Waals surface area contributed by atoms with Crippen molar-refractivity contribution in [3.63, 3.8) is 0 Å². The summed E-state index contributed by atoms with van der Waals surface area (Å²) >= 11 is 0. The summed E-state index contributed by atoms with van der Waals surface area (Å²) in [5.74, 6) is -1.47. The summed E-state index contributed by atoms with van der Waals surface area (Å²) in [6, 6.07) is 3.74. The topological polar surface area (TPSA) is 80.8 Å². The molecule has 0 saturated carbocycles. The van der Waals surface area contributed by atoms with Crippen LogP contribution in [0.25, 0.3) is 6.08 Å². The van der Waals surface area contributed by atoms with Gasteiger partial charge in [-0.05, 0) is 30.2 Å². The molecular formula is C17H18F3NO5S. The van der Waals surface area contributed by atoms with Crippen molar-refractivity contribution < 1.29 is 35.9 Å². The molecule has 2 rings (SSSR count). The highest BCUT2D eigenvalue weighted by Gasteiger charge is 2.33. The second-order valence-electron chi connectivity index (χ2n) is 6.12. The summed E-state index contributed by atoms with van der Waals surface area (Å²) < 4.78 is 65.1. The van der Waals surface area contributed by atoms with Crippen LogP contribution in [0.3, 0.4) is 0 Å². The Morgan fingerprint density at radius 3 is 2.41 bits per heavy atom. The summed E-state index contributed by atoms with van der Waals surface area (Å²) in [5.41, 5.74) is -0.440. The van der Waals surface area contributed by atoms with Crippen molar-refractivity contribution in [3.8, 4) is 0 Å². The lowest BCUT2D eigenvalue weighted by Gasteiger charge is -2.22. The van der Waals surface area contributed by atoms with Crippen molar-refractivity contribution in [2.75, 3.05) is 25.2 Å². The highest BCUT2D eigenvalue weighted by molar-refractivity contribution is 7.91. The maximum Gasteiger partial charge on any atom is 0.416 e. The Kier molecular flexibility index (Phi) is 6.30. The number of alkyl halides is 3. The number of hydrogen-bond acceptors (Lipinski definition) is 5. The van der Waals surface area contributed by atoms with Crippen molar-refractivity contribution in [3.05, 3.63) is 41.5 Å². The Morgan fingerprint density at radius 2 is 1.89 bits per heavy atom. The highest BCUT2D eigenvalue weighted by atomic mass is 32.2. The number of sulfone groups is 1. The number of rotatable bonds is 5. The largest absolute Gasteiger partial charge is 0.452 e. The van der Waals surface area contributed by atoms with Crippen molar-refractivity contribution in [2.24, 2.45) is 0 Å².